The van der Waals surface area contributed by atoms with Gasteiger partial charge in [-0.2, -0.15) is 5.10 Å². The largest absolute Gasteiger partial charge is 0.497 e. The van der Waals surface area contributed by atoms with E-state index in [4.69, 9.17) is 9.15 Å². The Bertz CT molecular complexity index is 813. The summed E-state index contributed by atoms with van der Waals surface area (Å²) in [7, 11) is 1.56. The van der Waals surface area contributed by atoms with Gasteiger partial charge in [-0.3, -0.25) is 9.59 Å². The van der Waals surface area contributed by atoms with E-state index in [1.165, 1.54) is 24.2 Å². The average molecular weight is 357 g/mol. The van der Waals surface area contributed by atoms with Crippen molar-refractivity contribution in [3.8, 4) is 5.75 Å². The fraction of sp³-hybridized carbons (Fsp3) is 0.176. The van der Waals surface area contributed by atoms with Gasteiger partial charge in [-0.05, 0) is 36.4 Å². The SMILES string of the molecule is COc1ccc(C(=O)CC2S/C(=N\N=C\c3ccco3)NC2=O)cc1. The van der Waals surface area contributed by atoms with E-state index in [1.54, 1.807) is 43.5 Å². The van der Waals surface area contributed by atoms with Crippen molar-refractivity contribution in [2.24, 2.45) is 10.2 Å². The summed E-state index contributed by atoms with van der Waals surface area (Å²) < 4.78 is 10.2. The van der Waals surface area contributed by atoms with Crippen LogP contribution in [0.25, 0.3) is 0 Å². The third kappa shape index (κ3) is 4.36. The number of amidine groups is 1. The maximum Gasteiger partial charge on any atom is 0.240 e. The number of benzene rings is 1. The lowest BCUT2D eigenvalue weighted by Gasteiger charge is -2.05. The Morgan fingerprint density at radius 1 is 1.36 bits per heavy atom. The van der Waals surface area contributed by atoms with E-state index in [9.17, 15) is 9.59 Å². The van der Waals surface area contributed by atoms with Crippen molar-refractivity contribution >= 4 is 34.8 Å². The molecule has 1 aromatic carbocycles. The fourth-order valence-electron chi connectivity index (χ4n) is 2.15. The first-order valence-electron chi connectivity index (χ1n) is 7.45. The number of carbonyl (C=O) groups excluding carboxylic acids is 2. The van der Waals surface area contributed by atoms with Crippen LogP contribution < -0.4 is 10.1 Å². The third-order valence-electron chi connectivity index (χ3n) is 3.44. The van der Waals surface area contributed by atoms with Crippen LogP contribution in [0.2, 0.25) is 0 Å². The lowest BCUT2D eigenvalue weighted by Crippen LogP contribution is -2.26. The molecule has 0 aliphatic carbocycles. The first-order valence-corrected chi connectivity index (χ1v) is 8.33. The molecule has 1 aromatic heterocycles. The van der Waals surface area contributed by atoms with Crippen LogP contribution in [0.3, 0.4) is 0 Å². The molecule has 1 atom stereocenters. The van der Waals surface area contributed by atoms with Crippen LogP contribution in [0, 0.1) is 0 Å². The predicted octanol–water partition coefficient (Wildman–Crippen LogP) is 2.48. The van der Waals surface area contributed by atoms with E-state index >= 15 is 0 Å². The molecule has 0 spiro atoms. The smallest absolute Gasteiger partial charge is 0.240 e. The summed E-state index contributed by atoms with van der Waals surface area (Å²) in [6.45, 7) is 0. The number of nitrogens with zero attached hydrogens (tertiary/aromatic N) is 2. The molecule has 2 aromatic rings. The molecule has 1 unspecified atom stereocenters. The fourth-order valence-corrected chi connectivity index (χ4v) is 3.08. The number of nitrogens with one attached hydrogen (secondary N) is 1. The number of hydrogen-bond acceptors (Lipinski definition) is 7. The molecule has 1 N–H and O–H groups in total. The second-order valence-corrected chi connectivity index (χ2v) is 6.31. The van der Waals surface area contributed by atoms with Crippen LogP contribution in [0.4, 0.5) is 0 Å². The molecular weight excluding hydrogens is 342 g/mol. The van der Waals surface area contributed by atoms with Crippen molar-refractivity contribution < 1.29 is 18.7 Å². The van der Waals surface area contributed by atoms with E-state index < -0.39 is 5.25 Å². The zero-order valence-corrected chi connectivity index (χ0v) is 14.2. The Balaban J connectivity index is 1.59. The minimum Gasteiger partial charge on any atom is -0.497 e. The summed E-state index contributed by atoms with van der Waals surface area (Å²) >= 11 is 1.19. The van der Waals surface area contributed by atoms with E-state index in [1.807, 2.05) is 0 Å². The normalized spacial score (nSPS) is 18.7. The average Bonchev–Trinajstić information content (AvgIpc) is 3.25. The van der Waals surface area contributed by atoms with E-state index in [-0.39, 0.29) is 18.1 Å². The molecule has 1 aliphatic heterocycles. The molecule has 0 saturated carbocycles. The number of ether oxygens (including phenoxy) is 1. The van der Waals surface area contributed by atoms with Gasteiger partial charge in [-0.1, -0.05) is 11.8 Å². The van der Waals surface area contributed by atoms with Gasteiger partial charge in [0.15, 0.2) is 11.0 Å². The number of thioether (sulfide) groups is 1. The van der Waals surface area contributed by atoms with E-state index in [0.717, 1.165) is 0 Å². The first-order chi connectivity index (χ1) is 12.2. The Morgan fingerprint density at radius 3 is 2.84 bits per heavy atom. The highest BCUT2D eigenvalue weighted by molar-refractivity contribution is 8.15. The molecule has 1 saturated heterocycles. The minimum absolute atomic E-state index is 0.0871. The molecule has 2 heterocycles. The summed E-state index contributed by atoms with van der Waals surface area (Å²) in [6.07, 6.45) is 3.06. The number of hydrogen-bond donors (Lipinski definition) is 1. The second-order valence-electron chi connectivity index (χ2n) is 5.12. The number of methoxy groups -OCH3 is 1. The monoisotopic (exact) mass is 357 g/mol. The number of Topliss-reactive ketones (excluding diaryl/α,β-unsaturated/α-hetero) is 1. The maximum absolute atomic E-state index is 12.3. The van der Waals surface area contributed by atoms with Gasteiger partial charge in [0.2, 0.25) is 5.91 Å². The molecule has 7 nitrogen and oxygen atoms in total. The van der Waals surface area contributed by atoms with Crippen molar-refractivity contribution in [1.82, 2.24) is 5.32 Å². The Morgan fingerprint density at radius 2 is 2.16 bits per heavy atom. The second kappa shape index (κ2) is 7.80. The molecule has 0 radical (unpaired) electrons. The highest BCUT2D eigenvalue weighted by Crippen LogP contribution is 2.24. The van der Waals surface area contributed by atoms with Crippen LogP contribution in [-0.4, -0.2) is 35.4 Å². The van der Waals surface area contributed by atoms with E-state index in [0.29, 0.717) is 22.2 Å². The molecule has 1 fully saturated rings. The standard InChI is InChI=1S/C17H15N3O4S/c1-23-12-6-4-11(5-7-12)14(21)9-15-16(22)19-17(25-15)20-18-10-13-3-2-8-24-13/h2-8,10,15H,9H2,1H3,(H,19,20,22)/b18-10+. The lowest BCUT2D eigenvalue weighted by molar-refractivity contribution is -0.118. The number of amides is 1. The predicted molar refractivity (Wildman–Crippen MR) is 95.2 cm³/mol. The van der Waals surface area contributed by atoms with Crippen LogP contribution in [-0.2, 0) is 4.79 Å². The number of rotatable bonds is 6. The van der Waals surface area contributed by atoms with Gasteiger partial charge < -0.3 is 14.5 Å². The molecule has 128 valence electrons. The number of ketones is 1. The summed E-state index contributed by atoms with van der Waals surface area (Å²) in [6, 6.07) is 10.3. The van der Waals surface area contributed by atoms with E-state index in [2.05, 4.69) is 15.5 Å². The Labute approximate surface area is 148 Å². The van der Waals surface area contributed by atoms with Crippen molar-refractivity contribution in [2.75, 3.05) is 7.11 Å². The minimum atomic E-state index is -0.521. The molecule has 0 bridgehead atoms. The van der Waals surface area contributed by atoms with Crippen LogP contribution in [0.1, 0.15) is 22.5 Å². The summed E-state index contributed by atoms with van der Waals surface area (Å²) in [5, 5.41) is 10.2. The van der Waals surface area contributed by atoms with Gasteiger partial charge in [0.05, 0.1) is 24.8 Å². The van der Waals surface area contributed by atoms with Gasteiger partial charge in [-0.25, -0.2) is 0 Å². The van der Waals surface area contributed by atoms with Gasteiger partial charge in [0.25, 0.3) is 0 Å². The summed E-state index contributed by atoms with van der Waals surface area (Å²) in [5.41, 5.74) is 0.537. The Kier molecular flexibility index (Phi) is 5.30. The van der Waals surface area contributed by atoms with Gasteiger partial charge >= 0.3 is 0 Å². The lowest BCUT2D eigenvalue weighted by atomic mass is 10.1. The molecule has 1 amide bonds. The summed E-state index contributed by atoms with van der Waals surface area (Å²) in [5.74, 6) is 0.868. The number of carbonyl (C=O) groups is 2. The third-order valence-corrected chi connectivity index (χ3v) is 4.51. The van der Waals surface area contributed by atoms with Gasteiger partial charge in [0.1, 0.15) is 11.5 Å². The maximum atomic E-state index is 12.3. The number of furan rings is 1. The van der Waals surface area contributed by atoms with Crippen molar-refractivity contribution in [1.29, 1.82) is 0 Å². The molecule has 25 heavy (non-hydrogen) atoms. The summed E-state index contributed by atoms with van der Waals surface area (Å²) in [4.78, 5) is 24.3. The van der Waals surface area contributed by atoms with Crippen LogP contribution >= 0.6 is 11.8 Å². The molecule has 8 heteroatoms. The van der Waals surface area contributed by atoms with Crippen molar-refractivity contribution in [3.63, 3.8) is 0 Å². The zero-order valence-electron chi connectivity index (χ0n) is 13.3. The van der Waals surface area contributed by atoms with Crippen LogP contribution in [0.15, 0.2) is 57.3 Å². The quantitative estimate of drug-likeness (QED) is 0.487. The van der Waals surface area contributed by atoms with Gasteiger partial charge in [-0.15, -0.1) is 5.10 Å². The zero-order chi connectivity index (χ0) is 17.6. The molecular formula is C17H15N3O4S. The molecule has 3 rings (SSSR count). The van der Waals surface area contributed by atoms with Crippen molar-refractivity contribution in [3.05, 3.63) is 54.0 Å². The topological polar surface area (TPSA) is 93.3 Å². The van der Waals surface area contributed by atoms with Gasteiger partial charge in [0, 0.05) is 12.0 Å². The van der Waals surface area contributed by atoms with Crippen LogP contribution in [0.5, 0.6) is 5.75 Å². The van der Waals surface area contributed by atoms with Crippen molar-refractivity contribution in [2.45, 2.75) is 11.7 Å². The molecule has 1 aliphatic rings. The highest BCUT2D eigenvalue weighted by Gasteiger charge is 2.32. The Hall–Kier alpha value is -2.87. The highest BCUT2D eigenvalue weighted by atomic mass is 32.2. The first kappa shape index (κ1) is 17.0.